The molecule has 1 fully saturated rings. The van der Waals surface area contributed by atoms with E-state index in [1.807, 2.05) is 0 Å². The second-order valence-corrected chi connectivity index (χ2v) is 8.58. The number of halogens is 2. The monoisotopic (exact) mass is 394 g/mol. The second-order valence-electron chi connectivity index (χ2n) is 5.50. The molecule has 10 heteroatoms. The molecule has 1 aromatic rings. The number of amides is 1. The molecular formula is C14H16Cl2N2O5S. The maximum absolute atomic E-state index is 12.1. The van der Waals surface area contributed by atoms with Crippen LogP contribution in [-0.2, 0) is 19.4 Å². The molecule has 0 saturated carbocycles. The van der Waals surface area contributed by atoms with Gasteiger partial charge in [-0.05, 0) is 25.5 Å². The summed E-state index contributed by atoms with van der Waals surface area (Å²) < 4.78 is 27.8. The Balaban J connectivity index is 2.00. The summed E-state index contributed by atoms with van der Waals surface area (Å²) in [5, 5.41) is 2.85. The maximum atomic E-state index is 12.1. The summed E-state index contributed by atoms with van der Waals surface area (Å²) >= 11 is 11.7. The summed E-state index contributed by atoms with van der Waals surface area (Å²) in [5.74, 6) is -1.52. The smallest absolute Gasteiger partial charge is 0.341 e. The average molecular weight is 395 g/mol. The molecule has 7 nitrogen and oxygen atoms in total. The Morgan fingerprint density at radius 3 is 2.62 bits per heavy atom. The maximum Gasteiger partial charge on any atom is 0.341 e. The highest BCUT2D eigenvalue weighted by atomic mass is 35.5. The van der Waals surface area contributed by atoms with Gasteiger partial charge < -0.3 is 15.8 Å². The molecule has 1 aliphatic rings. The van der Waals surface area contributed by atoms with Crippen molar-refractivity contribution >= 4 is 50.6 Å². The van der Waals surface area contributed by atoms with Crippen LogP contribution in [0.15, 0.2) is 12.1 Å². The number of hydrogen-bond acceptors (Lipinski definition) is 6. The van der Waals surface area contributed by atoms with Crippen LogP contribution in [0.4, 0.5) is 5.69 Å². The number of hydrogen-bond donors (Lipinski definition) is 2. The van der Waals surface area contributed by atoms with Gasteiger partial charge in [0.25, 0.3) is 5.91 Å². The number of esters is 1. The Hall–Kier alpha value is -1.51. The molecule has 0 bridgehead atoms. The number of carbonyl (C=O) groups is 2. The van der Waals surface area contributed by atoms with Crippen LogP contribution in [-0.4, -0.2) is 43.9 Å². The van der Waals surface area contributed by atoms with Gasteiger partial charge in [-0.25, -0.2) is 13.2 Å². The van der Waals surface area contributed by atoms with Crippen molar-refractivity contribution in [2.24, 2.45) is 0 Å². The van der Waals surface area contributed by atoms with E-state index in [2.05, 4.69) is 5.32 Å². The average Bonchev–Trinajstić information content (AvgIpc) is 2.81. The van der Waals surface area contributed by atoms with E-state index in [1.54, 1.807) is 0 Å². The lowest BCUT2D eigenvalue weighted by Crippen LogP contribution is -2.42. The Morgan fingerprint density at radius 2 is 2.04 bits per heavy atom. The normalized spacial score (nSPS) is 20.4. The molecule has 24 heavy (non-hydrogen) atoms. The summed E-state index contributed by atoms with van der Waals surface area (Å²) in [7, 11) is -3.12. The molecule has 0 spiro atoms. The van der Waals surface area contributed by atoms with Crippen LogP contribution in [0.2, 0.25) is 10.0 Å². The topological polar surface area (TPSA) is 116 Å². The minimum absolute atomic E-state index is 0.000520. The molecular weight excluding hydrogens is 379 g/mol. The first kappa shape index (κ1) is 18.8. The minimum atomic E-state index is -3.12. The van der Waals surface area contributed by atoms with Crippen molar-refractivity contribution in [2.45, 2.75) is 25.5 Å². The number of benzene rings is 1. The van der Waals surface area contributed by atoms with Gasteiger partial charge in [0.15, 0.2) is 15.9 Å². The predicted molar refractivity (Wildman–Crippen MR) is 91.0 cm³/mol. The van der Waals surface area contributed by atoms with Gasteiger partial charge in [0.05, 0.1) is 27.8 Å². The van der Waals surface area contributed by atoms with Gasteiger partial charge >= 0.3 is 5.97 Å². The SMILES string of the molecule is CC(OC(=O)c1cc(Cl)cc(Cl)c1N)C(=O)NC1CCS(=O)(=O)C1. The van der Waals surface area contributed by atoms with Crippen molar-refractivity contribution in [2.75, 3.05) is 17.2 Å². The van der Waals surface area contributed by atoms with E-state index in [0.29, 0.717) is 6.42 Å². The molecule has 1 aliphatic heterocycles. The van der Waals surface area contributed by atoms with E-state index < -0.39 is 33.9 Å². The molecule has 2 atom stereocenters. The lowest BCUT2D eigenvalue weighted by atomic mass is 10.2. The zero-order valence-electron chi connectivity index (χ0n) is 12.7. The third-order valence-corrected chi connectivity index (χ3v) is 5.84. The molecule has 0 aromatic heterocycles. The molecule has 0 aliphatic carbocycles. The Morgan fingerprint density at radius 1 is 1.38 bits per heavy atom. The van der Waals surface area contributed by atoms with Crippen molar-refractivity contribution in [3.05, 3.63) is 27.7 Å². The number of nitrogens with one attached hydrogen (secondary N) is 1. The quantitative estimate of drug-likeness (QED) is 0.589. The number of rotatable bonds is 4. The second kappa shape index (κ2) is 7.16. The molecule has 0 radical (unpaired) electrons. The first-order valence-corrected chi connectivity index (χ1v) is 9.63. The van der Waals surface area contributed by atoms with Crippen LogP contribution in [0, 0.1) is 0 Å². The van der Waals surface area contributed by atoms with Crippen molar-refractivity contribution in [3.8, 4) is 0 Å². The highest BCUT2D eigenvalue weighted by Crippen LogP contribution is 2.28. The Kier molecular flexibility index (Phi) is 5.62. The van der Waals surface area contributed by atoms with Gasteiger partial charge in [-0.15, -0.1) is 0 Å². The highest BCUT2D eigenvalue weighted by Gasteiger charge is 2.31. The number of ether oxygens (including phenoxy) is 1. The standard InChI is InChI=1S/C14H16Cl2N2O5S/c1-7(13(19)18-9-2-3-24(21,22)6-9)23-14(20)10-4-8(15)5-11(16)12(10)17/h4-5,7,9H,2-3,6,17H2,1H3,(H,18,19). The van der Waals surface area contributed by atoms with Gasteiger partial charge in [0.2, 0.25) is 0 Å². The van der Waals surface area contributed by atoms with E-state index in [1.165, 1.54) is 19.1 Å². The van der Waals surface area contributed by atoms with E-state index in [9.17, 15) is 18.0 Å². The van der Waals surface area contributed by atoms with Gasteiger partial charge in [0.1, 0.15) is 0 Å². The van der Waals surface area contributed by atoms with Crippen molar-refractivity contribution in [1.82, 2.24) is 5.32 Å². The molecule has 3 N–H and O–H groups in total. The zero-order valence-corrected chi connectivity index (χ0v) is 15.0. The number of nitrogens with two attached hydrogens (primary N) is 1. The Bertz CT molecular complexity index is 782. The predicted octanol–water partition coefficient (Wildman–Crippen LogP) is 1.42. The van der Waals surface area contributed by atoms with Crippen LogP contribution < -0.4 is 11.1 Å². The van der Waals surface area contributed by atoms with Crippen LogP contribution in [0.3, 0.4) is 0 Å². The van der Waals surface area contributed by atoms with E-state index >= 15 is 0 Å². The van der Waals surface area contributed by atoms with Crippen LogP contribution in [0.1, 0.15) is 23.7 Å². The fourth-order valence-corrected chi connectivity index (χ4v) is 4.43. The molecule has 2 rings (SSSR count). The number of carbonyl (C=O) groups excluding carboxylic acids is 2. The molecule has 1 saturated heterocycles. The summed E-state index contributed by atoms with van der Waals surface area (Å²) in [4.78, 5) is 24.2. The highest BCUT2D eigenvalue weighted by molar-refractivity contribution is 7.91. The summed E-state index contributed by atoms with van der Waals surface area (Å²) in [6, 6.07) is 2.19. The van der Waals surface area contributed by atoms with Crippen LogP contribution in [0.5, 0.6) is 0 Å². The summed E-state index contributed by atoms with van der Waals surface area (Å²) in [6.45, 7) is 1.37. The molecule has 132 valence electrons. The largest absolute Gasteiger partial charge is 0.449 e. The molecule has 1 heterocycles. The first-order chi connectivity index (χ1) is 11.1. The third-order valence-electron chi connectivity index (χ3n) is 3.55. The van der Waals surface area contributed by atoms with Gasteiger partial charge in [-0.3, -0.25) is 4.79 Å². The van der Waals surface area contributed by atoms with E-state index in [0.717, 1.165) is 0 Å². The number of anilines is 1. The zero-order chi connectivity index (χ0) is 18.1. The minimum Gasteiger partial charge on any atom is -0.449 e. The summed E-state index contributed by atoms with van der Waals surface area (Å²) in [5.41, 5.74) is 5.66. The molecule has 1 amide bonds. The summed E-state index contributed by atoms with van der Waals surface area (Å²) in [6.07, 6.45) is -0.788. The lowest BCUT2D eigenvalue weighted by Gasteiger charge is -2.17. The number of nitrogen functional groups attached to an aromatic ring is 1. The van der Waals surface area contributed by atoms with E-state index in [4.69, 9.17) is 33.7 Å². The van der Waals surface area contributed by atoms with Gasteiger partial charge in [-0.1, -0.05) is 23.2 Å². The van der Waals surface area contributed by atoms with Crippen molar-refractivity contribution < 1.29 is 22.7 Å². The van der Waals surface area contributed by atoms with Crippen molar-refractivity contribution in [3.63, 3.8) is 0 Å². The van der Waals surface area contributed by atoms with Crippen molar-refractivity contribution in [1.29, 1.82) is 0 Å². The third kappa shape index (κ3) is 4.52. The van der Waals surface area contributed by atoms with Gasteiger partial charge in [-0.2, -0.15) is 0 Å². The first-order valence-electron chi connectivity index (χ1n) is 7.05. The van der Waals surface area contributed by atoms with Crippen LogP contribution >= 0.6 is 23.2 Å². The fraction of sp³-hybridized carbons (Fsp3) is 0.429. The molecule has 2 unspecified atom stereocenters. The number of sulfone groups is 1. The fourth-order valence-electron chi connectivity index (χ4n) is 2.26. The van der Waals surface area contributed by atoms with Gasteiger partial charge in [0, 0.05) is 11.1 Å². The Labute approximate surface area is 149 Å². The van der Waals surface area contributed by atoms with Crippen LogP contribution in [0.25, 0.3) is 0 Å². The molecule has 1 aromatic carbocycles. The van der Waals surface area contributed by atoms with E-state index in [-0.39, 0.29) is 32.8 Å². The lowest BCUT2D eigenvalue weighted by molar-refractivity contribution is -0.129.